The third-order valence-corrected chi connectivity index (χ3v) is 8.09. The van der Waals surface area contributed by atoms with Crippen LogP contribution in [-0.2, 0) is 19.9 Å². The molecule has 0 aliphatic carbocycles. The van der Waals surface area contributed by atoms with E-state index in [9.17, 15) is 16.8 Å². The van der Waals surface area contributed by atoms with Crippen molar-refractivity contribution in [2.24, 2.45) is 0 Å². The summed E-state index contributed by atoms with van der Waals surface area (Å²) in [5.74, 6) is -0.0995. The third-order valence-electron chi connectivity index (χ3n) is 4.23. The summed E-state index contributed by atoms with van der Waals surface area (Å²) in [6, 6.07) is 2.96. The Balaban J connectivity index is 2.53. The quantitative estimate of drug-likeness (QED) is 0.756. The summed E-state index contributed by atoms with van der Waals surface area (Å²) in [7, 11) is -3.74. The van der Waals surface area contributed by atoms with E-state index in [0.717, 1.165) is 11.1 Å². The minimum absolute atomic E-state index is 0.0312. The maximum absolute atomic E-state index is 13.1. The summed E-state index contributed by atoms with van der Waals surface area (Å²) in [4.78, 5) is 0.235. The molecule has 1 aromatic rings. The number of hydrogen-bond donors (Lipinski definition) is 0. The lowest BCUT2D eigenvalue weighted by Gasteiger charge is -2.33. The van der Waals surface area contributed by atoms with E-state index in [1.807, 2.05) is 19.9 Å². The predicted octanol–water partition coefficient (Wildman–Crippen LogP) is 1.27. The van der Waals surface area contributed by atoms with E-state index in [2.05, 4.69) is 0 Å². The SMILES string of the molecule is Cc1cc(C)c(S(=O)(=O)N([C@H]2CCS(=O)(=O)C2)N(C)C)cc1C. The number of rotatable bonds is 4. The second-order valence-corrected chi connectivity index (χ2v) is 10.4. The first-order valence-electron chi connectivity index (χ1n) is 7.45. The summed E-state index contributed by atoms with van der Waals surface area (Å²) in [6.45, 7) is 5.57. The fraction of sp³-hybridized carbons (Fsp3) is 0.600. The molecular formula is C15H24N2O4S2. The van der Waals surface area contributed by atoms with Crippen molar-refractivity contribution in [1.29, 1.82) is 0 Å². The van der Waals surface area contributed by atoms with E-state index in [0.29, 0.717) is 12.0 Å². The molecule has 1 heterocycles. The van der Waals surface area contributed by atoms with Crippen molar-refractivity contribution < 1.29 is 16.8 Å². The third kappa shape index (κ3) is 3.60. The summed E-state index contributed by atoms with van der Waals surface area (Å²) >= 11 is 0. The van der Waals surface area contributed by atoms with Crippen LogP contribution in [0, 0.1) is 20.8 Å². The Kier molecular flexibility index (Phi) is 4.92. The van der Waals surface area contributed by atoms with Gasteiger partial charge in [0.05, 0.1) is 22.4 Å². The molecule has 0 bridgehead atoms. The molecule has 1 fully saturated rings. The lowest BCUT2D eigenvalue weighted by Crippen LogP contribution is -2.49. The molecule has 0 spiro atoms. The van der Waals surface area contributed by atoms with Crippen molar-refractivity contribution in [3.8, 4) is 0 Å². The maximum atomic E-state index is 13.1. The normalized spacial score (nSPS) is 21.3. The van der Waals surface area contributed by atoms with E-state index in [1.165, 1.54) is 9.42 Å². The first kappa shape index (κ1) is 18.4. The largest absolute Gasteiger partial charge is 0.256 e. The standard InChI is InChI=1S/C15H24N2O4S2/c1-11-8-13(3)15(9-12(11)2)23(20,21)17(16(4)5)14-6-7-22(18,19)10-14/h8-9,14H,6-7,10H2,1-5H3/t14-/m0/s1. The summed E-state index contributed by atoms with van der Waals surface area (Å²) in [6.07, 6.45) is 0.323. The van der Waals surface area contributed by atoms with Crippen LogP contribution in [0.4, 0.5) is 0 Å². The molecule has 23 heavy (non-hydrogen) atoms. The first-order valence-corrected chi connectivity index (χ1v) is 10.7. The highest BCUT2D eigenvalue weighted by atomic mass is 32.2. The van der Waals surface area contributed by atoms with Gasteiger partial charge in [-0.1, -0.05) is 6.07 Å². The van der Waals surface area contributed by atoms with E-state index in [1.54, 1.807) is 27.1 Å². The number of hydrogen-bond acceptors (Lipinski definition) is 5. The minimum Gasteiger partial charge on any atom is -0.234 e. The number of hydrazine groups is 1. The van der Waals surface area contributed by atoms with Gasteiger partial charge in [-0.25, -0.2) is 21.8 Å². The first-order chi connectivity index (χ1) is 10.5. The summed E-state index contributed by atoms with van der Waals surface area (Å²) in [5, 5.41) is 1.47. The maximum Gasteiger partial charge on any atom is 0.256 e. The zero-order chi connectivity index (χ0) is 17.6. The van der Waals surface area contributed by atoms with Crippen LogP contribution in [-0.4, -0.2) is 57.9 Å². The molecule has 8 heteroatoms. The van der Waals surface area contributed by atoms with Crippen molar-refractivity contribution in [3.63, 3.8) is 0 Å². The van der Waals surface area contributed by atoms with Crippen LogP contribution in [0.15, 0.2) is 17.0 Å². The molecule has 0 radical (unpaired) electrons. The van der Waals surface area contributed by atoms with Crippen LogP contribution < -0.4 is 0 Å². The minimum atomic E-state index is -3.81. The second-order valence-electron chi connectivity index (χ2n) is 6.38. The van der Waals surface area contributed by atoms with Gasteiger partial charge in [0.15, 0.2) is 9.84 Å². The molecule has 0 aromatic heterocycles. The van der Waals surface area contributed by atoms with E-state index >= 15 is 0 Å². The zero-order valence-electron chi connectivity index (χ0n) is 14.2. The lowest BCUT2D eigenvalue weighted by molar-refractivity contribution is 0.0893. The van der Waals surface area contributed by atoms with Gasteiger partial charge in [0, 0.05) is 14.1 Å². The fourth-order valence-electron chi connectivity index (χ4n) is 3.00. The molecule has 0 unspecified atom stereocenters. The Morgan fingerprint density at radius 1 is 1.04 bits per heavy atom. The Hall–Kier alpha value is -0.960. The molecule has 1 aliphatic rings. The number of sulfonamides is 1. The monoisotopic (exact) mass is 360 g/mol. The highest BCUT2D eigenvalue weighted by molar-refractivity contribution is 7.92. The molecule has 130 valence electrons. The van der Waals surface area contributed by atoms with E-state index in [4.69, 9.17) is 0 Å². The van der Waals surface area contributed by atoms with Crippen molar-refractivity contribution in [2.45, 2.75) is 38.1 Å². The Morgan fingerprint density at radius 2 is 1.61 bits per heavy atom. The summed E-state index contributed by atoms with van der Waals surface area (Å²) < 4.78 is 51.0. The molecule has 2 rings (SSSR count). The van der Waals surface area contributed by atoms with E-state index < -0.39 is 25.9 Å². The average Bonchev–Trinajstić information content (AvgIpc) is 2.72. The fourth-order valence-corrected chi connectivity index (χ4v) is 6.78. The van der Waals surface area contributed by atoms with Crippen LogP contribution in [0.3, 0.4) is 0 Å². The lowest BCUT2D eigenvalue weighted by atomic mass is 10.1. The van der Waals surface area contributed by atoms with Crippen molar-refractivity contribution >= 4 is 19.9 Å². The second kappa shape index (κ2) is 6.16. The Labute approximate surface area is 139 Å². The van der Waals surface area contributed by atoms with Gasteiger partial charge in [-0.2, -0.15) is 0 Å². The van der Waals surface area contributed by atoms with Crippen LogP contribution in [0.1, 0.15) is 23.1 Å². The highest BCUT2D eigenvalue weighted by Gasteiger charge is 2.40. The zero-order valence-corrected chi connectivity index (χ0v) is 15.8. The molecule has 1 aromatic carbocycles. The molecule has 1 atom stereocenters. The Bertz CT molecular complexity index is 814. The van der Waals surface area contributed by atoms with Crippen LogP contribution in [0.25, 0.3) is 0 Å². The van der Waals surface area contributed by atoms with Gasteiger partial charge in [-0.3, -0.25) is 0 Å². The number of nitrogens with zero attached hydrogens (tertiary/aromatic N) is 2. The van der Waals surface area contributed by atoms with Gasteiger partial charge < -0.3 is 0 Å². The van der Waals surface area contributed by atoms with Crippen molar-refractivity contribution in [1.82, 2.24) is 9.42 Å². The van der Waals surface area contributed by atoms with Gasteiger partial charge in [0.1, 0.15) is 0 Å². The molecule has 6 nitrogen and oxygen atoms in total. The highest BCUT2D eigenvalue weighted by Crippen LogP contribution is 2.28. The predicted molar refractivity (Wildman–Crippen MR) is 90.4 cm³/mol. The smallest absolute Gasteiger partial charge is 0.234 e. The molecule has 0 N–H and O–H groups in total. The van der Waals surface area contributed by atoms with Crippen LogP contribution in [0.5, 0.6) is 0 Å². The van der Waals surface area contributed by atoms with Gasteiger partial charge in [-0.05, 0) is 49.9 Å². The number of benzene rings is 1. The van der Waals surface area contributed by atoms with Gasteiger partial charge >= 0.3 is 0 Å². The molecule has 0 amide bonds. The van der Waals surface area contributed by atoms with E-state index in [-0.39, 0.29) is 16.4 Å². The van der Waals surface area contributed by atoms with Crippen LogP contribution in [0.2, 0.25) is 0 Å². The number of sulfone groups is 1. The average molecular weight is 361 g/mol. The Morgan fingerprint density at radius 3 is 2.09 bits per heavy atom. The molecule has 1 aliphatic heterocycles. The topological polar surface area (TPSA) is 74.8 Å². The molecule has 1 saturated heterocycles. The van der Waals surface area contributed by atoms with Crippen molar-refractivity contribution in [3.05, 3.63) is 28.8 Å². The molecule has 0 saturated carbocycles. The molecular weight excluding hydrogens is 336 g/mol. The van der Waals surface area contributed by atoms with Gasteiger partial charge in [0.25, 0.3) is 10.0 Å². The van der Waals surface area contributed by atoms with Crippen LogP contribution >= 0.6 is 0 Å². The van der Waals surface area contributed by atoms with Gasteiger partial charge in [-0.15, -0.1) is 4.41 Å². The summed E-state index contributed by atoms with van der Waals surface area (Å²) in [5.41, 5.74) is 2.59. The van der Waals surface area contributed by atoms with Crippen molar-refractivity contribution in [2.75, 3.05) is 25.6 Å². The van der Waals surface area contributed by atoms with Gasteiger partial charge in [0.2, 0.25) is 0 Å². The number of aryl methyl sites for hydroxylation is 3.